The number of nitrogens with one attached hydrogen (secondary N) is 2. The van der Waals surface area contributed by atoms with Crippen LogP contribution in [-0.4, -0.2) is 67.5 Å². The summed E-state index contributed by atoms with van der Waals surface area (Å²) in [5.74, 6) is 4.54. The van der Waals surface area contributed by atoms with Crippen molar-refractivity contribution in [2.45, 2.75) is 63.6 Å². The molecule has 0 saturated heterocycles. The van der Waals surface area contributed by atoms with Gasteiger partial charge >= 0.3 is 0 Å². The van der Waals surface area contributed by atoms with Crippen LogP contribution in [0.5, 0.6) is 46.0 Å². The third-order valence-corrected chi connectivity index (χ3v) is 10.1. The molecule has 2 aliphatic heterocycles. The number of methoxy groups -OCH3 is 6. The molecule has 13 heteroatoms. The molecule has 1 amide bonds. The fourth-order valence-corrected chi connectivity index (χ4v) is 7.00. The number of carbonyl (C=O) groups excluding carboxylic acids is 1. The second kappa shape index (κ2) is 19.7. The molecule has 0 radical (unpaired) electrons. The first-order chi connectivity index (χ1) is 27.9. The highest BCUT2D eigenvalue weighted by molar-refractivity contribution is 6.02. The predicted octanol–water partition coefficient (Wildman–Crippen LogP) is 8.65. The highest BCUT2D eigenvalue weighted by atomic mass is 16.6. The lowest BCUT2D eigenvalue weighted by molar-refractivity contribution is 0.0853. The highest BCUT2D eigenvalue weighted by Gasteiger charge is 2.29. The number of hydrogen-bond donors (Lipinski definition) is 2. The number of nitrogens with zero attached hydrogens (tertiary/aromatic N) is 1. The van der Waals surface area contributed by atoms with E-state index >= 15 is 0 Å². The van der Waals surface area contributed by atoms with Gasteiger partial charge in [0.05, 0.1) is 67.1 Å². The van der Waals surface area contributed by atoms with Crippen molar-refractivity contribution in [1.29, 1.82) is 0 Å². The summed E-state index contributed by atoms with van der Waals surface area (Å²) < 4.78 is 45.9. The predicted molar refractivity (Wildman–Crippen MR) is 217 cm³/mol. The van der Waals surface area contributed by atoms with Crippen molar-refractivity contribution < 1.29 is 47.5 Å². The average Bonchev–Trinajstić information content (AvgIpc) is 3.75. The van der Waals surface area contributed by atoms with Crippen LogP contribution < -0.4 is 48.5 Å². The summed E-state index contributed by atoms with van der Waals surface area (Å²) in [5.41, 5.74) is 4.76. The zero-order valence-electron chi connectivity index (χ0n) is 33.6. The second-order valence-corrected chi connectivity index (χ2v) is 13.7. The highest BCUT2D eigenvalue weighted by Crippen LogP contribution is 2.44. The monoisotopic (exact) mass is 783 g/mol. The minimum absolute atomic E-state index is 0.109. The fraction of sp³-hybridized carbons (Fsp3) is 0.409. The second-order valence-electron chi connectivity index (χ2n) is 13.7. The molecule has 4 aromatic rings. The molecule has 0 aliphatic carbocycles. The van der Waals surface area contributed by atoms with E-state index in [-0.39, 0.29) is 18.2 Å². The Bertz CT molecular complexity index is 1970. The molecule has 304 valence electrons. The molecule has 2 N–H and O–H groups in total. The number of carbonyl (C=O) groups is 1. The van der Waals surface area contributed by atoms with Crippen LogP contribution in [0.1, 0.15) is 90.7 Å². The number of hydrogen-bond acceptors (Lipinski definition) is 12. The summed E-state index contributed by atoms with van der Waals surface area (Å²) in [6, 6.07) is 20.8. The van der Waals surface area contributed by atoms with Crippen LogP contribution in [0.3, 0.4) is 0 Å². The normalized spacial score (nSPS) is 15.6. The number of amides is 1. The zero-order chi connectivity index (χ0) is 40.1. The maximum atomic E-state index is 12.6. The van der Waals surface area contributed by atoms with Gasteiger partial charge < -0.3 is 53.4 Å². The quantitative estimate of drug-likeness (QED) is 0.0786. The zero-order valence-corrected chi connectivity index (χ0v) is 33.6. The van der Waals surface area contributed by atoms with Gasteiger partial charge in [-0.25, -0.2) is 0 Å². The minimum Gasteiger partial charge on any atom is -0.493 e. The summed E-state index contributed by atoms with van der Waals surface area (Å²) in [6.07, 6.45) is 7.23. The Hall–Kier alpha value is -5.98. The van der Waals surface area contributed by atoms with E-state index in [1.807, 2.05) is 60.7 Å². The minimum atomic E-state index is -0.356. The fourth-order valence-electron chi connectivity index (χ4n) is 7.00. The number of benzene rings is 4. The van der Waals surface area contributed by atoms with Gasteiger partial charge in [0.25, 0.3) is 5.91 Å². The van der Waals surface area contributed by atoms with Crippen LogP contribution in [0.4, 0.5) is 5.69 Å². The van der Waals surface area contributed by atoms with Gasteiger partial charge in [0.1, 0.15) is 6.17 Å². The van der Waals surface area contributed by atoms with Gasteiger partial charge in [-0.3, -0.25) is 4.79 Å². The molecular formula is C44H53N3O10. The molecule has 4 aromatic carbocycles. The Balaban J connectivity index is 0.897. The first kappa shape index (κ1) is 40.7. The molecule has 2 aliphatic rings. The molecule has 2 heterocycles. The third kappa shape index (κ3) is 9.70. The van der Waals surface area contributed by atoms with E-state index in [2.05, 4.69) is 15.8 Å². The summed E-state index contributed by atoms with van der Waals surface area (Å²) in [5, 5.41) is 10.8. The van der Waals surface area contributed by atoms with Gasteiger partial charge in [-0.15, -0.1) is 0 Å². The van der Waals surface area contributed by atoms with Crippen molar-refractivity contribution in [1.82, 2.24) is 5.32 Å². The smallest absolute Gasteiger partial charge is 0.255 e. The first-order valence-electron chi connectivity index (χ1n) is 19.3. The molecule has 0 aromatic heterocycles. The van der Waals surface area contributed by atoms with E-state index < -0.39 is 0 Å². The van der Waals surface area contributed by atoms with Gasteiger partial charge in [-0.05, 0) is 66.9 Å². The van der Waals surface area contributed by atoms with E-state index in [1.54, 1.807) is 48.7 Å². The van der Waals surface area contributed by atoms with Crippen LogP contribution in [0.15, 0.2) is 71.9 Å². The number of fused-ring (bicyclic) bond motifs is 1. The van der Waals surface area contributed by atoms with Crippen molar-refractivity contribution in [2.24, 2.45) is 5.16 Å². The van der Waals surface area contributed by atoms with Gasteiger partial charge in [0, 0.05) is 23.2 Å². The van der Waals surface area contributed by atoms with Gasteiger partial charge in [-0.2, -0.15) is 0 Å². The van der Waals surface area contributed by atoms with Crippen LogP contribution in [0, 0.1) is 0 Å². The lowest BCUT2D eigenvalue weighted by Crippen LogP contribution is -2.38. The van der Waals surface area contributed by atoms with Crippen molar-refractivity contribution in [3.05, 3.63) is 89.0 Å². The Kier molecular flexibility index (Phi) is 14.1. The molecule has 0 bridgehead atoms. The Morgan fingerprint density at radius 1 is 0.596 bits per heavy atom. The van der Waals surface area contributed by atoms with E-state index in [4.69, 9.17) is 42.7 Å². The molecule has 2 unspecified atom stereocenters. The molecule has 0 saturated carbocycles. The van der Waals surface area contributed by atoms with Gasteiger partial charge in [0.15, 0.2) is 40.6 Å². The molecule has 6 rings (SSSR count). The summed E-state index contributed by atoms with van der Waals surface area (Å²) in [4.78, 5) is 18.4. The summed E-state index contributed by atoms with van der Waals surface area (Å²) in [6.45, 7) is 1.15. The van der Waals surface area contributed by atoms with Crippen molar-refractivity contribution in [3.63, 3.8) is 0 Å². The number of anilines is 1. The van der Waals surface area contributed by atoms with E-state index in [9.17, 15) is 4.79 Å². The molecule has 0 fully saturated rings. The van der Waals surface area contributed by atoms with Crippen LogP contribution in [0.25, 0.3) is 0 Å². The van der Waals surface area contributed by atoms with E-state index in [1.165, 1.54) is 0 Å². The van der Waals surface area contributed by atoms with Crippen LogP contribution >= 0.6 is 0 Å². The maximum absolute atomic E-state index is 12.6. The molecule has 2 atom stereocenters. The van der Waals surface area contributed by atoms with Crippen LogP contribution in [-0.2, 0) is 4.84 Å². The molecule has 13 nitrogen and oxygen atoms in total. The third-order valence-electron chi connectivity index (χ3n) is 10.1. The first-order valence-corrected chi connectivity index (χ1v) is 19.3. The van der Waals surface area contributed by atoms with Crippen LogP contribution in [0.2, 0.25) is 0 Å². The van der Waals surface area contributed by atoms with Gasteiger partial charge in [0.2, 0.25) is 11.5 Å². The van der Waals surface area contributed by atoms with Crippen molar-refractivity contribution >= 4 is 17.3 Å². The lowest BCUT2D eigenvalue weighted by atomic mass is 9.99. The molecular weight excluding hydrogens is 730 g/mol. The Morgan fingerprint density at radius 2 is 1.18 bits per heavy atom. The maximum Gasteiger partial charge on any atom is 0.255 e. The Labute approximate surface area is 334 Å². The Morgan fingerprint density at radius 3 is 1.81 bits per heavy atom. The van der Waals surface area contributed by atoms with Crippen molar-refractivity contribution in [2.75, 3.05) is 61.2 Å². The number of unbranched alkanes of at least 4 members (excludes halogenated alkanes) is 6. The number of para-hydroxylation sites is 1. The largest absolute Gasteiger partial charge is 0.493 e. The summed E-state index contributed by atoms with van der Waals surface area (Å²) >= 11 is 0. The number of rotatable bonds is 21. The standard InChI is InChI=1S/C44H53N3O10/c1-49-36-22-28(43-45-32-17-13-12-16-31(32)44(48)46-43)18-19-34(36)55-20-14-10-8-7-9-11-15-21-56-42-39(52-4)23-29(24-40(42)53-5)33-27-35(57-47-33)30-25-37(50-2)41(54-6)38(26-30)51-3/h12-13,16-19,22-26,35,43,45H,7-11,14-15,20-21,27H2,1-6H3,(H,46,48). The van der Waals surface area contributed by atoms with E-state index in [0.717, 1.165) is 73.0 Å². The number of ether oxygens (including phenoxy) is 8. The topological polar surface area (TPSA) is 137 Å². The SMILES string of the molecule is COc1cc(C2NC(=O)c3ccccc3N2)ccc1OCCCCCCCCCOc1c(OC)cc(C2=NOC(c3cc(OC)c(OC)c(OC)c3)C2)cc1OC. The lowest BCUT2D eigenvalue weighted by Gasteiger charge is -2.28. The van der Waals surface area contributed by atoms with Gasteiger partial charge in [-0.1, -0.05) is 55.5 Å². The molecule has 57 heavy (non-hydrogen) atoms. The van der Waals surface area contributed by atoms with E-state index in [0.29, 0.717) is 71.2 Å². The van der Waals surface area contributed by atoms with Crippen molar-refractivity contribution in [3.8, 4) is 46.0 Å². The number of oxime groups is 1. The summed E-state index contributed by atoms with van der Waals surface area (Å²) in [7, 11) is 9.60. The average molecular weight is 784 g/mol. The molecule has 0 spiro atoms.